The number of hydrogen-bond donors (Lipinski definition) is 1. The van der Waals surface area contributed by atoms with Gasteiger partial charge in [0.25, 0.3) is 0 Å². The molecule has 2 fully saturated rings. The quantitative estimate of drug-likeness (QED) is 0.686. The smallest absolute Gasteiger partial charge is 0.310 e. The van der Waals surface area contributed by atoms with Crippen molar-refractivity contribution in [1.29, 1.82) is 0 Å². The first-order chi connectivity index (χ1) is 10.7. The third-order valence-corrected chi connectivity index (χ3v) is 4.88. The Bertz CT molecular complexity index is 525. The van der Waals surface area contributed by atoms with E-state index in [1.54, 1.807) is 6.26 Å². The Morgan fingerprint density at radius 1 is 1.23 bits per heavy atom. The molecule has 1 amide bonds. The Morgan fingerprint density at radius 3 is 2.77 bits per heavy atom. The highest BCUT2D eigenvalue weighted by atomic mass is 16.5. The number of nitrogens with one attached hydrogen (secondary N) is 1. The van der Waals surface area contributed by atoms with Crippen molar-refractivity contribution in [2.75, 3.05) is 7.11 Å². The van der Waals surface area contributed by atoms with Gasteiger partial charge < -0.3 is 14.5 Å². The molecule has 5 nitrogen and oxygen atoms in total. The maximum atomic E-state index is 12.4. The van der Waals surface area contributed by atoms with E-state index in [0.29, 0.717) is 0 Å². The summed E-state index contributed by atoms with van der Waals surface area (Å²) in [5.74, 6) is 0.681. The average Bonchev–Trinajstić information content (AvgIpc) is 3.21. The standard InChI is InChI=1S/C17H23NO4/c1-21-17(20)11-6-3-2-4-7-14(11)18-16(19)13-10-12(13)15-8-5-9-22-15/h5,8-9,11-14H,2-4,6-7,10H2,1H3,(H,18,19). The summed E-state index contributed by atoms with van der Waals surface area (Å²) >= 11 is 0. The van der Waals surface area contributed by atoms with E-state index in [4.69, 9.17) is 9.15 Å². The normalized spacial score (nSPS) is 31.1. The lowest BCUT2D eigenvalue weighted by Gasteiger charge is -2.24. The summed E-state index contributed by atoms with van der Waals surface area (Å²) in [5.41, 5.74) is 0. The van der Waals surface area contributed by atoms with Crippen molar-refractivity contribution >= 4 is 11.9 Å². The van der Waals surface area contributed by atoms with Gasteiger partial charge in [0.1, 0.15) is 5.76 Å². The molecule has 1 aromatic heterocycles. The number of carbonyl (C=O) groups excluding carboxylic acids is 2. The van der Waals surface area contributed by atoms with E-state index in [1.165, 1.54) is 7.11 Å². The number of ether oxygens (including phenoxy) is 1. The Morgan fingerprint density at radius 2 is 2.05 bits per heavy atom. The number of esters is 1. The van der Waals surface area contributed by atoms with Crippen LogP contribution in [0.5, 0.6) is 0 Å². The molecule has 2 aliphatic rings. The van der Waals surface area contributed by atoms with Crippen LogP contribution in [-0.4, -0.2) is 25.0 Å². The summed E-state index contributed by atoms with van der Waals surface area (Å²) in [7, 11) is 1.42. The number of amides is 1. The van der Waals surface area contributed by atoms with Crippen LogP contribution in [0.2, 0.25) is 0 Å². The van der Waals surface area contributed by atoms with Gasteiger partial charge in [-0.2, -0.15) is 0 Å². The maximum absolute atomic E-state index is 12.4. The number of hydrogen-bond acceptors (Lipinski definition) is 4. The lowest BCUT2D eigenvalue weighted by Crippen LogP contribution is -2.44. The molecule has 0 bridgehead atoms. The molecular formula is C17H23NO4. The van der Waals surface area contributed by atoms with Gasteiger partial charge in [-0.3, -0.25) is 9.59 Å². The van der Waals surface area contributed by atoms with Gasteiger partial charge in [0.2, 0.25) is 5.91 Å². The van der Waals surface area contributed by atoms with E-state index in [-0.39, 0.29) is 35.7 Å². The zero-order chi connectivity index (χ0) is 15.5. The predicted molar refractivity (Wildman–Crippen MR) is 80.1 cm³/mol. The molecule has 0 spiro atoms. The monoisotopic (exact) mass is 305 g/mol. The largest absolute Gasteiger partial charge is 0.469 e. The molecule has 22 heavy (non-hydrogen) atoms. The van der Waals surface area contributed by atoms with E-state index >= 15 is 0 Å². The second-order valence-electron chi connectivity index (χ2n) is 6.35. The molecule has 2 saturated carbocycles. The van der Waals surface area contributed by atoms with Crippen LogP contribution >= 0.6 is 0 Å². The van der Waals surface area contributed by atoms with Gasteiger partial charge in [0.05, 0.1) is 19.3 Å². The Hall–Kier alpha value is -1.78. The van der Waals surface area contributed by atoms with Crippen molar-refractivity contribution in [3.05, 3.63) is 24.2 Å². The van der Waals surface area contributed by atoms with Gasteiger partial charge in [-0.15, -0.1) is 0 Å². The molecule has 4 unspecified atom stereocenters. The van der Waals surface area contributed by atoms with Crippen LogP contribution in [-0.2, 0) is 14.3 Å². The zero-order valence-electron chi connectivity index (χ0n) is 12.9. The van der Waals surface area contributed by atoms with Gasteiger partial charge in [-0.1, -0.05) is 19.3 Å². The Kier molecular flexibility index (Phi) is 4.50. The molecular weight excluding hydrogens is 282 g/mol. The Labute approximate surface area is 130 Å². The summed E-state index contributed by atoms with van der Waals surface area (Å²) in [6.07, 6.45) is 7.29. The van der Waals surface area contributed by atoms with Gasteiger partial charge in [0.15, 0.2) is 0 Å². The van der Waals surface area contributed by atoms with Gasteiger partial charge in [0, 0.05) is 17.9 Å². The minimum absolute atomic E-state index is 0.0206. The maximum Gasteiger partial charge on any atom is 0.310 e. The van der Waals surface area contributed by atoms with Crippen LogP contribution in [0.4, 0.5) is 0 Å². The highest BCUT2D eigenvalue weighted by molar-refractivity contribution is 5.84. The van der Waals surface area contributed by atoms with Crippen molar-refractivity contribution in [3.8, 4) is 0 Å². The van der Waals surface area contributed by atoms with Crippen molar-refractivity contribution in [1.82, 2.24) is 5.32 Å². The van der Waals surface area contributed by atoms with E-state index < -0.39 is 0 Å². The minimum atomic E-state index is -0.211. The number of furan rings is 1. The lowest BCUT2D eigenvalue weighted by molar-refractivity contribution is -0.147. The molecule has 1 heterocycles. The molecule has 1 aromatic rings. The van der Waals surface area contributed by atoms with Gasteiger partial charge in [-0.05, 0) is 31.4 Å². The van der Waals surface area contributed by atoms with Crippen molar-refractivity contribution in [2.24, 2.45) is 11.8 Å². The van der Waals surface area contributed by atoms with Gasteiger partial charge >= 0.3 is 5.97 Å². The number of rotatable bonds is 4. The minimum Gasteiger partial charge on any atom is -0.469 e. The van der Waals surface area contributed by atoms with E-state index in [9.17, 15) is 9.59 Å². The molecule has 0 saturated heterocycles. The molecule has 1 N–H and O–H groups in total. The number of carbonyl (C=O) groups is 2. The first kappa shape index (κ1) is 15.1. The van der Waals surface area contributed by atoms with Crippen molar-refractivity contribution < 1.29 is 18.7 Å². The molecule has 5 heteroatoms. The molecule has 4 atom stereocenters. The first-order valence-corrected chi connectivity index (χ1v) is 8.12. The molecule has 0 aromatic carbocycles. The highest BCUT2D eigenvalue weighted by Gasteiger charge is 2.47. The summed E-state index contributed by atoms with van der Waals surface area (Å²) in [4.78, 5) is 24.4. The third kappa shape index (κ3) is 3.18. The van der Waals surface area contributed by atoms with Crippen LogP contribution < -0.4 is 5.32 Å². The van der Waals surface area contributed by atoms with Gasteiger partial charge in [-0.25, -0.2) is 0 Å². The fourth-order valence-electron chi connectivity index (χ4n) is 3.51. The summed E-state index contributed by atoms with van der Waals surface area (Å²) in [5, 5.41) is 3.10. The van der Waals surface area contributed by atoms with Crippen molar-refractivity contribution in [2.45, 2.75) is 50.5 Å². The zero-order valence-corrected chi connectivity index (χ0v) is 12.9. The molecule has 3 rings (SSSR count). The fraction of sp³-hybridized carbons (Fsp3) is 0.647. The van der Waals surface area contributed by atoms with Crippen LogP contribution in [0, 0.1) is 11.8 Å². The van der Waals surface area contributed by atoms with E-state index in [2.05, 4.69) is 5.32 Å². The van der Waals surface area contributed by atoms with E-state index in [0.717, 1.165) is 44.3 Å². The van der Waals surface area contributed by atoms with Crippen molar-refractivity contribution in [3.63, 3.8) is 0 Å². The lowest BCUT2D eigenvalue weighted by atomic mass is 9.94. The van der Waals surface area contributed by atoms with Crippen LogP contribution in [0.25, 0.3) is 0 Å². The van der Waals surface area contributed by atoms with E-state index in [1.807, 2.05) is 12.1 Å². The summed E-state index contributed by atoms with van der Waals surface area (Å²) in [6.45, 7) is 0. The highest BCUT2D eigenvalue weighted by Crippen LogP contribution is 2.47. The summed E-state index contributed by atoms with van der Waals surface area (Å²) < 4.78 is 10.3. The number of methoxy groups -OCH3 is 1. The SMILES string of the molecule is COC(=O)C1CCCCCC1NC(=O)C1CC1c1ccco1. The predicted octanol–water partition coefficient (Wildman–Crippen LogP) is 2.62. The molecule has 0 aliphatic heterocycles. The molecule has 2 aliphatic carbocycles. The van der Waals surface area contributed by atoms with Crippen LogP contribution in [0.3, 0.4) is 0 Å². The molecule has 120 valence electrons. The van der Waals surface area contributed by atoms with Crippen LogP contribution in [0.1, 0.15) is 50.2 Å². The molecule has 0 radical (unpaired) electrons. The Balaban J connectivity index is 1.60. The van der Waals surface area contributed by atoms with Crippen LogP contribution in [0.15, 0.2) is 22.8 Å². The summed E-state index contributed by atoms with van der Waals surface area (Å²) in [6, 6.07) is 3.67. The average molecular weight is 305 g/mol. The second-order valence-corrected chi connectivity index (χ2v) is 6.35. The topological polar surface area (TPSA) is 68.5 Å². The third-order valence-electron chi connectivity index (χ3n) is 4.88. The fourth-order valence-corrected chi connectivity index (χ4v) is 3.51. The second kappa shape index (κ2) is 6.55. The first-order valence-electron chi connectivity index (χ1n) is 8.12.